The van der Waals surface area contributed by atoms with Crippen molar-refractivity contribution in [2.45, 2.75) is 87.0 Å². The minimum Gasteiger partial charge on any atom is -0.378 e. The number of aryl methyl sites for hydroxylation is 2. The molecule has 204 valence electrons. The Bertz CT molecular complexity index is 1060. The number of carbonyl (C=O) groups excluding carboxylic acids is 2. The minimum atomic E-state index is -0.180. The number of anilines is 2. The Morgan fingerprint density at radius 1 is 1.00 bits per heavy atom. The molecule has 6 nitrogen and oxygen atoms in total. The molecule has 2 N–H and O–H groups in total. The summed E-state index contributed by atoms with van der Waals surface area (Å²) in [5.41, 5.74) is 4.71. The van der Waals surface area contributed by atoms with Crippen LogP contribution in [0.3, 0.4) is 0 Å². The average Bonchev–Trinajstić information content (AvgIpc) is 3.29. The lowest BCUT2D eigenvalue weighted by molar-refractivity contribution is -0.118. The molecule has 0 bridgehead atoms. The molecule has 1 amide bonds. The van der Waals surface area contributed by atoms with Crippen molar-refractivity contribution in [1.29, 1.82) is 0 Å². The van der Waals surface area contributed by atoms with Crippen LogP contribution in [0.25, 0.3) is 5.70 Å². The molecular formula is C31H48N4O2. The van der Waals surface area contributed by atoms with Crippen LogP contribution in [0.4, 0.5) is 11.5 Å². The Hall–Kier alpha value is -3.41. The molecular weight excluding hydrogens is 460 g/mol. The Morgan fingerprint density at radius 3 is 2.19 bits per heavy atom. The predicted molar refractivity (Wildman–Crippen MR) is 160 cm³/mol. The van der Waals surface area contributed by atoms with E-state index in [-0.39, 0.29) is 30.1 Å². The molecule has 0 spiro atoms. The number of ketones is 1. The van der Waals surface area contributed by atoms with Gasteiger partial charge in [0.05, 0.1) is 17.9 Å². The van der Waals surface area contributed by atoms with E-state index in [0.717, 1.165) is 11.4 Å². The van der Waals surface area contributed by atoms with E-state index in [1.165, 1.54) is 11.1 Å². The van der Waals surface area contributed by atoms with Crippen molar-refractivity contribution in [3.63, 3.8) is 0 Å². The number of nitrogens with one attached hydrogen (secondary N) is 2. The molecule has 0 aliphatic heterocycles. The van der Waals surface area contributed by atoms with Gasteiger partial charge in [0.2, 0.25) is 5.91 Å². The molecule has 2 aromatic rings. The second kappa shape index (κ2) is 17.1. The van der Waals surface area contributed by atoms with E-state index >= 15 is 0 Å². The van der Waals surface area contributed by atoms with Crippen molar-refractivity contribution in [2.24, 2.45) is 0 Å². The van der Waals surface area contributed by atoms with Gasteiger partial charge in [-0.05, 0) is 55.7 Å². The van der Waals surface area contributed by atoms with Gasteiger partial charge < -0.3 is 10.6 Å². The number of allylic oxidation sites excluding steroid dienone is 4. The van der Waals surface area contributed by atoms with Gasteiger partial charge in [-0.15, -0.1) is 0 Å². The van der Waals surface area contributed by atoms with Crippen LogP contribution < -0.4 is 10.6 Å². The molecule has 0 aliphatic rings. The van der Waals surface area contributed by atoms with Gasteiger partial charge in [0, 0.05) is 30.0 Å². The zero-order valence-corrected chi connectivity index (χ0v) is 24.5. The standard InChI is InChI=1S/C27H36N4O2.2C2H6/c1-8-11-22(9-2)31-25(17-24(30-31)27(5,6)7)29-26(33)13-10-12-23(32)18-28-21-15-14-19(3)20(4)16-21;2*1-2/h8-9,11,14-17,28H,1-2,10,12-13,18H2,3-7H3,(H,29,33);2*1-2H3/b22-11+;;. The first-order chi connectivity index (χ1) is 17.5. The summed E-state index contributed by atoms with van der Waals surface area (Å²) >= 11 is 0. The Morgan fingerprint density at radius 2 is 1.65 bits per heavy atom. The van der Waals surface area contributed by atoms with E-state index < -0.39 is 0 Å². The summed E-state index contributed by atoms with van der Waals surface area (Å²) in [5.74, 6) is 0.484. The average molecular weight is 509 g/mol. The molecule has 0 unspecified atom stereocenters. The van der Waals surface area contributed by atoms with Gasteiger partial charge in [0.15, 0.2) is 5.78 Å². The highest BCUT2D eigenvalue weighted by Crippen LogP contribution is 2.26. The number of carbonyl (C=O) groups is 2. The topological polar surface area (TPSA) is 76.0 Å². The predicted octanol–water partition coefficient (Wildman–Crippen LogP) is 7.85. The van der Waals surface area contributed by atoms with Crippen LogP contribution in [0.5, 0.6) is 0 Å². The van der Waals surface area contributed by atoms with E-state index in [9.17, 15) is 9.59 Å². The lowest BCUT2D eigenvalue weighted by Gasteiger charge is -2.14. The fourth-order valence-electron chi connectivity index (χ4n) is 3.17. The highest BCUT2D eigenvalue weighted by molar-refractivity contribution is 5.91. The first-order valence-electron chi connectivity index (χ1n) is 13.2. The molecule has 0 fully saturated rings. The smallest absolute Gasteiger partial charge is 0.225 e. The highest BCUT2D eigenvalue weighted by atomic mass is 16.1. The number of amides is 1. The molecule has 6 heteroatoms. The van der Waals surface area contributed by atoms with Crippen molar-refractivity contribution in [3.05, 3.63) is 72.5 Å². The van der Waals surface area contributed by atoms with Gasteiger partial charge >= 0.3 is 0 Å². The number of hydrogen-bond donors (Lipinski definition) is 2. The normalized spacial score (nSPS) is 10.8. The van der Waals surface area contributed by atoms with Crippen LogP contribution in [0.2, 0.25) is 0 Å². The third-order valence-electron chi connectivity index (χ3n) is 5.34. The number of benzene rings is 1. The van der Waals surface area contributed by atoms with Crippen molar-refractivity contribution in [1.82, 2.24) is 9.78 Å². The number of rotatable bonds is 11. The molecule has 0 saturated heterocycles. The van der Waals surface area contributed by atoms with Crippen LogP contribution in [-0.2, 0) is 15.0 Å². The summed E-state index contributed by atoms with van der Waals surface area (Å²) in [7, 11) is 0. The molecule has 1 heterocycles. The maximum atomic E-state index is 12.6. The van der Waals surface area contributed by atoms with Gasteiger partial charge in [-0.3, -0.25) is 9.59 Å². The second-order valence-electron chi connectivity index (χ2n) is 9.20. The number of aromatic nitrogens is 2. The second-order valence-corrected chi connectivity index (χ2v) is 9.20. The van der Waals surface area contributed by atoms with E-state index in [1.54, 1.807) is 22.9 Å². The third kappa shape index (κ3) is 11.5. The molecule has 37 heavy (non-hydrogen) atoms. The molecule has 0 saturated carbocycles. The Labute approximate surface area is 224 Å². The zero-order valence-electron chi connectivity index (χ0n) is 24.5. The van der Waals surface area contributed by atoms with Crippen LogP contribution in [0, 0.1) is 13.8 Å². The van der Waals surface area contributed by atoms with E-state index in [4.69, 9.17) is 0 Å². The molecule has 1 aromatic heterocycles. The molecule has 1 aromatic carbocycles. The van der Waals surface area contributed by atoms with Crippen molar-refractivity contribution < 1.29 is 9.59 Å². The van der Waals surface area contributed by atoms with Gasteiger partial charge in [0.1, 0.15) is 5.82 Å². The maximum absolute atomic E-state index is 12.6. The molecule has 0 atom stereocenters. The van der Waals surface area contributed by atoms with E-state index in [2.05, 4.69) is 56.6 Å². The fourth-order valence-corrected chi connectivity index (χ4v) is 3.17. The van der Waals surface area contributed by atoms with Crippen LogP contribution in [-0.4, -0.2) is 28.0 Å². The molecule has 0 radical (unpaired) electrons. The third-order valence-corrected chi connectivity index (χ3v) is 5.34. The van der Waals surface area contributed by atoms with E-state index in [1.807, 2.05) is 58.9 Å². The lowest BCUT2D eigenvalue weighted by Crippen LogP contribution is -2.17. The first kappa shape index (κ1) is 33.6. The van der Waals surface area contributed by atoms with Crippen molar-refractivity contribution in [3.8, 4) is 0 Å². The highest BCUT2D eigenvalue weighted by Gasteiger charge is 2.21. The largest absolute Gasteiger partial charge is 0.378 e. The molecule has 0 aliphatic carbocycles. The van der Waals surface area contributed by atoms with Crippen molar-refractivity contribution >= 4 is 28.9 Å². The maximum Gasteiger partial charge on any atom is 0.225 e. The number of nitrogens with zero attached hydrogens (tertiary/aromatic N) is 2. The monoisotopic (exact) mass is 508 g/mol. The summed E-state index contributed by atoms with van der Waals surface area (Å²) in [4.78, 5) is 24.8. The number of hydrogen-bond acceptors (Lipinski definition) is 4. The van der Waals surface area contributed by atoms with Crippen LogP contribution in [0.15, 0.2) is 55.7 Å². The van der Waals surface area contributed by atoms with Gasteiger partial charge in [-0.1, -0.05) is 73.8 Å². The van der Waals surface area contributed by atoms with Gasteiger partial charge in [-0.25, -0.2) is 4.68 Å². The van der Waals surface area contributed by atoms with E-state index in [0.29, 0.717) is 24.4 Å². The summed E-state index contributed by atoms with van der Waals surface area (Å²) in [6.45, 7) is 26.1. The number of Topliss-reactive ketones (excluding diaryl/α,β-unsaturated/α-hetero) is 1. The van der Waals surface area contributed by atoms with Crippen molar-refractivity contribution in [2.75, 3.05) is 17.2 Å². The minimum absolute atomic E-state index is 0.0731. The Balaban J connectivity index is 0.00000308. The SMILES string of the molecule is C=C/C=C(\C=C)n1nc(C(C)(C)C)cc1NC(=O)CCCC(=O)CNc1ccc(C)c(C)c1.CC.CC. The van der Waals surface area contributed by atoms with Gasteiger partial charge in [-0.2, -0.15) is 5.10 Å². The quantitative estimate of drug-likeness (QED) is 0.303. The zero-order chi connectivity index (χ0) is 28.6. The first-order valence-corrected chi connectivity index (χ1v) is 13.2. The lowest BCUT2D eigenvalue weighted by atomic mass is 9.92. The van der Waals surface area contributed by atoms with Crippen LogP contribution >= 0.6 is 0 Å². The summed E-state index contributed by atoms with van der Waals surface area (Å²) in [6, 6.07) is 7.90. The Kier molecular flexibility index (Phi) is 15.5. The summed E-state index contributed by atoms with van der Waals surface area (Å²) in [6.07, 6.45) is 6.17. The summed E-state index contributed by atoms with van der Waals surface area (Å²) < 4.78 is 1.66. The molecule has 2 rings (SSSR count). The summed E-state index contributed by atoms with van der Waals surface area (Å²) in [5, 5.41) is 10.7. The fraction of sp³-hybridized carbons (Fsp3) is 0.452. The van der Waals surface area contributed by atoms with Gasteiger partial charge in [0.25, 0.3) is 0 Å². The van der Waals surface area contributed by atoms with Crippen LogP contribution in [0.1, 0.15) is 84.5 Å².